The van der Waals surface area contributed by atoms with Crippen molar-refractivity contribution in [3.8, 4) is 0 Å². The first-order chi connectivity index (χ1) is 9.45. The van der Waals surface area contributed by atoms with Crippen LogP contribution in [0.3, 0.4) is 0 Å². The summed E-state index contributed by atoms with van der Waals surface area (Å²) in [6, 6.07) is 1.48. The lowest BCUT2D eigenvalue weighted by atomic mass is 9.69. The Labute approximate surface area is 126 Å². The second-order valence-electron chi connectivity index (χ2n) is 8.25. The predicted octanol–water partition coefficient (Wildman–Crippen LogP) is 3.91. The summed E-state index contributed by atoms with van der Waals surface area (Å²) < 4.78 is 0. The van der Waals surface area contributed by atoms with Crippen molar-refractivity contribution in [1.82, 2.24) is 10.2 Å². The van der Waals surface area contributed by atoms with Gasteiger partial charge in [0, 0.05) is 18.6 Å². The van der Waals surface area contributed by atoms with Gasteiger partial charge >= 0.3 is 0 Å². The summed E-state index contributed by atoms with van der Waals surface area (Å²) in [7, 11) is 2.16. The molecule has 0 aromatic carbocycles. The minimum atomic E-state index is 0.469. The number of likely N-dealkylation sites (tertiary alicyclic amines) is 1. The molecule has 2 aliphatic rings. The molecule has 2 nitrogen and oxygen atoms in total. The second kappa shape index (κ2) is 6.79. The molecule has 20 heavy (non-hydrogen) atoms. The largest absolute Gasteiger partial charge is 0.315 e. The van der Waals surface area contributed by atoms with Gasteiger partial charge in [0.1, 0.15) is 0 Å². The lowest BCUT2D eigenvalue weighted by Gasteiger charge is -2.48. The molecule has 2 heteroatoms. The Morgan fingerprint density at radius 1 is 1.15 bits per heavy atom. The fraction of sp³-hybridized carbons (Fsp3) is 1.00. The maximum Gasteiger partial charge on any atom is 0.0252 e. The number of rotatable bonds is 3. The molecular formula is C18H36N2. The molecule has 0 aromatic rings. The van der Waals surface area contributed by atoms with Gasteiger partial charge in [-0.1, -0.05) is 34.1 Å². The molecule has 0 radical (unpaired) electrons. The molecule has 1 N–H and O–H groups in total. The van der Waals surface area contributed by atoms with Crippen LogP contribution in [0.4, 0.5) is 0 Å². The molecule has 2 rings (SSSR count). The van der Waals surface area contributed by atoms with E-state index < -0.39 is 0 Å². The van der Waals surface area contributed by atoms with Crippen molar-refractivity contribution >= 4 is 0 Å². The number of hydrogen-bond donors (Lipinski definition) is 1. The van der Waals surface area contributed by atoms with Crippen molar-refractivity contribution in [2.45, 2.75) is 78.3 Å². The van der Waals surface area contributed by atoms with Crippen molar-refractivity contribution in [2.24, 2.45) is 17.3 Å². The Morgan fingerprint density at radius 3 is 2.50 bits per heavy atom. The molecule has 1 heterocycles. The van der Waals surface area contributed by atoms with E-state index in [1.54, 1.807) is 0 Å². The van der Waals surface area contributed by atoms with Crippen molar-refractivity contribution in [2.75, 3.05) is 20.1 Å². The first-order valence-corrected chi connectivity index (χ1v) is 8.87. The Morgan fingerprint density at radius 2 is 1.90 bits per heavy atom. The molecular weight excluding hydrogens is 244 g/mol. The zero-order valence-corrected chi connectivity index (χ0v) is 14.4. The zero-order valence-electron chi connectivity index (χ0n) is 14.4. The average Bonchev–Trinajstić information content (AvgIpc) is 2.45. The van der Waals surface area contributed by atoms with E-state index in [4.69, 9.17) is 0 Å². The van der Waals surface area contributed by atoms with Crippen molar-refractivity contribution < 1.29 is 0 Å². The summed E-state index contributed by atoms with van der Waals surface area (Å²) in [4.78, 5) is 2.83. The van der Waals surface area contributed by atoms with Crippen molar-refractivity contribution in [3.63, 3.8) is 0 Å². The van der Waals surface area contributed by atoms with Crippen LogP contribution in [0.2, 0.25) is 0 Å². The number of likely N-dealkylation sites (N-methyl/N-ethyl adjacent to an activating group) is 1. The molecule has 1 aliphatic heterocycles. The smallest absolute Gasteiger partial charge is 0.0252 e. The highest BCUT2D eigenvalue weighted by Gasteiger charge is 2.38. The van der Waals surface area contributed by atoms with Gasteiger partial charge in [0.2, 0.25) is 0 Å². The van der Waals surface area contributed by atoms with Crippen molar-refractivity contribution in [1.29, 1.82) is 0 Å². The fourth-order valence-corrected chi connectivity index (χ4v) is 4.41. The third kappa shape index (κ3) is 3.76. The van der Waals surface area contributed by atoms with Gasteiger partial charge in [0.05, 0.1) is 0 Å². The van der Waals surface area contributed by atoms with Gasteiger partial charge in [-0.2, -0.15) is 0 Å². The number of nitrogens with one attached hydrogen (secondary N) is 1. The van der Waals surface area contributed by atoms with Gasteiger partial charge < -0.3 is 5.32 Å². The molecule has 4 unspecified atom stereocenters. The lowest BCUT2D eigenvalue weighted by Crippen LogP contribution is -2.55. The van der Waals surface area contributed by atoms with E-state index in [2.05, 4.69) is 45.0 Å². The third-order valence-corrected chi connectivity index (χ3v) is 6.01. The first kappa shape index (κ1) is 16.3. The summed E-state index contributed by atoms with van der Waals surface area (Å²) in [6.07, 6.45) is 8.37. The van der Waals surface area contributed by atoms with Crippen LogP contribution in [0.1, 0.15) is 66.2 Å². The van der Waals surface area contributed by atoms with E-state index in [1.165, 1.54) is 51.6 Å². The zero-order chi connectivity index (χ0) is 14.8. The van der Waals surface area contributed by atoms with Crippen molar-refractivity contribution in [3.05, 3.63) is 0 Å². The quantitative estimate of drug-likeness (QED) is 0.843. The Hall–Kier alpha value is -0.0800. The summed E-state index contributed by atoms with van der Waals surface area (Å²) in [6.45, 7) is 12.3. The Bertz CT molecular complexity index is 294. The predicted molar refractivity (Wildman–Crippen MR) is 88.0 cm³/mol. The van der Waals surface area contributed by atoms with E-state index in [0.717, 1.165) is 17.9 Å². The van der Waals surface area contributed by atoms with Crippen LogP contribution in [0, 0.1) is 17.3 Å². The van der Waals surface area contributed by atoms with E-state index in [9.17, 15) is 0 Å². The number of piperidine rings is 1. The molecule has 0 spiro atoms. The number of nitrogens with zero attached hydrogens (tertiary/aromatic N) is 1. The summed E-state index contributed by atoms with van der Waals surface area (Å²) >= 11 is 0. The summed E-state index contributed by atoms with van der Waals surface area (Å²) in [5, 5.41) is 3.61. The molecule has 4 atom stereocenters. The number of hydrogen-bond acceptors (Lipinski definition) is 2. The molecule has 0 amide bonds. The van der Waals surface area contributed by atoms with Gasteiger partial charge in [-0.05, 0) is 62.9 Å². The van der Waals surface area contributed by atoms with E-state index in [1.807, 2.05) is 0 Å². The summed E-state index contributed by atoms with van der Waals surface area (Å²) in [5.41, 5.74) is 0.469. The molecule has 2 fully saturated rings. The van der Waals surface area contributed by atoms with Crippen LogP contribution in [-0.2, 0) is 0 Å². The average molecular weight is 281 g/mol. The van der Waals surface area contributed by atoms with Gasteiger partial charge in [0.15, 0.2) is 0 Å². The van der Waals surface area contributed by atoms with Crippen LogP contribution < -0.4 is 5.32 Å². The van der Waals surface area contributed by atoms with E-state index in [-0.39, 0.29) is 0 Å². The molecule has 1 saturated heterocycles. The van der Waals surface area contributed by atoms with Crippen LogP contribution in [0.25, 0.3) is 0 Å². The molecule has 1 aliphatic carbocycles. The normalized spacial score (nSPS) is 37.0. The Balaban J connectivity index is 2.04. The topological polar surface area (TPSA) is 15.3 Å². The highest BCUT2D eigenvalue weighted by atomic mass is 15.2. The lowest BCUT2D eigenvalue weighted by molar-refractivity contribution is 0.0344. The van der Waals surface area contributed by atoms with Gasteiger partial charge in [-0.15, -0.1) is 0 Å². The van der Waals surface area contributed by atoms with E-state index in [0.29, 0.717) is 11.5 Å². The highest BCUT2D eigenvalue weighted by molar-refractivity contribution is 4.95. The molecule has 118 valence electrons. The van der Waals surface area contributed by atoms with Gasteiger partial charge in [-0.25, -0.2) is 0 Å². The van der Waals surface area contributed by atoms with Crippen LogP contribution in [-0.4, -0.2) is 37.1 Å². The van der Waals surface area contributed by atoms with Crippen LogP contribution in [0.5, 0.6) is 0 Å². The molecule has 0 aromatic heterocycles. The fourth-order valence-electron chi connectivity index (χ4n) is 4.41. The van der Waals surface area contributed by atoms with Crippen LogP contribution in [0.15, 0.2) is 0 Å². The minimum absolute atomic E-state index is 0.469. The third-order valence-electron chi connectivity index (χ3n) is 6.01. The maximum atomic E-state index is 3.61. The minimum Gasteiger partial charge on any atom is -0.315 e. The monoisotopic (exact) mass is 280 g/mol. The highest BCUT2D eigenvalue weighted by Crippen LogP contribution is 2.40. The van der Waals surface area contributed by atoms with Gasteiger partial charge in [-0.3, -0.25) is 4.90 Å². The standard InChI is InChI=1S/C18H36N2/c1-6-14-8-7-11-20(13-14)17-12-15(18(2,3)4)9-10-16(17)19-5/h14-17,19H,6-13H2,1-5H3. The molecule has 1 saturated carbocycles. The Kier molecular flexibility index (Phi) is 5.53. The SMILES string of the molecule is CCC1CCCN(C2CC(C(C)(C)C)CCC2NC)C1. The molecule has 0 bridgehead atoms. The summed E-state index contributed by atoms with van der Waals surface area (Å²) in [5.74, 6) is 1.83. The van der Waals surface area contributed by atoms with Crippen LogP contribution >= 0.6 is 0 Å². The van der Waals surface area contributed by atoms with E-state index >= 15 is 0 Å². The maximum absolute atomic E-state index is 3.61. The van der Waals surface area contributed by atoms with Gasteiger partial charge in [0.25, 0.3) is 0 Å². The first-order valence-electron chi connectivity index (χ1n) is 8.87. The second-order valence-corrected chi connectivity index (χ2v) is 8.25.